The van der Waals surface area contributed by atoms with Crippen molar-refractivity contribution < 1.29 is 9.53 Å². The van der Waals surface area contributed by atoms with Crippen LogP contribution in [0.15, 0.2) is 39.3 Å². The third-order valence-electron chi connectivity index (χ3n) is 4.34. The maximum absolute atomic E-state index is 12.7. The number of anilines is 2. The molecule has 0 unspecified atom stereocenters. The van der Waals surface area contributed by atoms with Crippen molar-refractivity contribution in [2.75, 3.05) is 30.4 Å². The molecule has 2 aromatic rings. The largest absolute Gasteiger partial charge is 0.495 e. The lowest BCUT2D eigenvalue weighted by atomic mass is 10.2. The van der Waals surface area contributed by atoms with E-state index in [1.165, 1.54) is 7.11 Å². The molecule has 1 heterocycles. The van der Waals surface area contributed by atoms with Crippen molar-refractivity contribution in [2.24, 2.45) is 0 Å². The van der Waals surface area contributed by atoms with Gasteiger partial charge in [0.15, 0.2) is 5.11 Å². The molecule has 0 radical (unpaired) electrons. The predicted octanol–water partition coefficient (Wildman–Crippen LogP) is 5.60. The molecule has 1 aliphatic heterocycles. The van der Waals surface area contributed by atoms with Crippen LogP contribution in [0.3, 0.4) is 0 Å². The van der Waals surface area contributed by atoms with Crippen LogP contribution in [-0.4, -0.2) is 31.2 Å². The molecule has 1 amide bonds. The second kappa shape index (κ2) is 9.43. The average molecular weight is 548 g/mol. The van der Waals surface area contributed by atoms with Gasteiger partial charge in [-0.3, -0.25) is 10.1 Å². The quantitative estimate of drug-likeness (QED) is 0.488. The Morgan fingerprint density at radius 1 is 1.25 bits per heavy atom. The first-order valence-corrected chi connectivity index (χ1v) is 11.0. The third kappa shape index (κ3) is 4.79. The molecule has 5 nitrogen and oxygen atoms in total. The Morgan fingerprint density at radius 2 is 1.96 bits per heavy atom. The fourth-order valence-electron chi connectivity index (χ4n) is 3.14. The number of para-hydroxylation sites is 1. The zero-order valence-corrected chi connectivity index (χ0v) is 19.8. The van der Waals surface area contributed by atoms with Crippen LogP contribution in [0.1, 0.15) is 23.2 Å². The van der Waals surface area contributed by atoms with Gasteiger partial charge in [-0.1, -0.05) is 33.6 Å². The number of methoxy groups -OCH3 is 1. The molecule has 1 fully saturated rings. The summed E-state index contributed by atoms with van der Waals surface area (Å²) in [7, 11) is 1.51. The predicted molar refractivity (Wildman–Crippen MR) is 125 cm³/mol. The van der Waals surface area contributed by atoms with Crippen LogP contribution < -0.4 is 20.3 Å². The Morgan fingerprint density at radius 3 is 2.64 bits per heavy atom. The number of halogens is 3. The Balaban J connectivity index is 1.79. The Bertz CT molecular complexity index is 920. The number of ether oxygens (including phenoxy) is 1. The van der Waals surface area contributed by atoms with Crippen molar-refractivity contribution >= 4 is 78.1 Å². The molecular weight excluding hydrogens is 530 g/mol. The molecule has 3 rings (SSSR count). The van der Waals surface area contributed by atoms with Gasteiger partial charge in [0.2, 0.25) is 0 Å². The van der Waals surface area contributed by atoms with Crippen molar-refractivity contribution in [3.8, 4) is 5.75 Å². The molecule has 1 saturated heterocycles. The zero-order chi connectivity index (χ0) is 20.3. The average Bonchev–Trinajstić information content (AvgIpc) is 3.15. The zero-order valence-electron chi connectivity index (χ0n) is 15.0. The van der Waals surface area contributed by atoms with E-state index in [-0.39, 0.29) is 11.0 Å². The molecule has 148 valence electrons. The van der Waals surface area contributed by atoms with E-state index in [4.69, 9.17) is 28.6 Å². The van der Waals surface area contributed by atoms with Crippen molar-refractivity contribution in [2.45, 2.75) is 12.8 Å². The Hall–Kier alpha value is -1.35. The van der Waals surface area contributed by atoms with Gasteiger partial charge >= 0.3 is 0 Å². The second-order valence-electron chi connectivity index (χ2n) is 6.21. The molecule has 28 heavy (non-hydrogen) atoms. The van der Waals surface area contributed by atoms with E-state index >= 15 is 0 Å². The monoisotopic (exact) mass is 545 g/mol. The molecule has 2 aromatic carbocycles. The second-order valence-corrected chi connectivity index (χ2v) is 8.79. The Labute approximate surface area is 191 Å². The van der Waals surface area contributed by atoms with Crippen LogP contribution in [0.4, 0.5) is 11.4 Å². The summed E-state index contributed by atoms with van der Waals surface area (Å²) >= 11 is 18.6. The minimum absolute atomic E-state index is 0.186. The number of nitrogens with one attached hydrogen (secondary N) is 2. The molecule has 1 aliphatic rings. The maximum atomic E-state index is 12.7. The number of rotatable bonds is 4. The van der Waals surface area contributed by atoms with Crippen LogP contribution in [-0.2, 0) is 0 Å². The summed E-state index contributed by atoms with van der Waals surface area (Å²) in [6.07, 6.45) is 2.26. The standard InChI is InChI=1S/C19H18Br2ClN3O2S/c1-27-17-12(9-11(20)10-13(17)21)18(26)24-19(28)23-15-6-4-5-14(22)16(15)25-7-2-3-8-25/h4-6,9-10H,2-3,7-8H2,1H3,(H2,23,24,26,28). The SMILES string of the molecule is COc1c(Br)cc(Br)cc1C(=O)NC(=S)Nc1cccc(Cl)c1N1CCCC1. The number of amides is 1. The van der Waals surface area contributed by atoms with Gasteiger partial charge in [0, 0.05) is 17.6 Å². The lowest BCUT2D eigenvalue weighted by molar-refractivity contribution is 0.0974. The number of hydrogen-bond donors (Lipinski definition) is 2. The highest BCUT2D eigenvalue weighted by Crippen LogP contribution is 2.36. The molecule has 0 spiro atoms. The summed E-state index contributed by atoms with van der Waals surface area (Å²) in [5.74, 6) is 0.0603. The third-order valence-corrected chi connectivity index (χ3v) is 5.90. The highest BCUT2D eigenvalue weighted by atomic mass is 79.9. The summed E-state index contributed by atoms with van der Waals surface area (Å²) < 4.78 is 6.75. The fourth-order valence-corrected chi connectivity index (χ4v) is 5.02. The van der Waals surface area contributed by atoms with Crippen LogP contribution in [0.5, 0.6) is 5.75 Å². The molecule has 0 saturated carbocycles. The van der Waals surface area contributed by atoms with Crippen molar-refractivity contribution in [3.05, 3.63) is 49.9 Å². The van der Waals surface area contributed by atoms with Crippen molar-refractivity contribution in [1.82, 2.24) is 5.32 Å². The van der Waals surface area contributed by atoms with E-state index in [1.54, 1.807) is 12.1 Å². The summed E-state index contributed by atoms with van der Waals surface area (Å²) in [5.41, 5.74) is 2.03. The number of nitrogens with zero attached hydrogens (tertiary/aromatic N) is 1. The summed E-state index contributed by atoms with van der Waals surface area (Å²) in [5, 5.41) is 6.65. The lowest BCUT2D eigenvalue weighted by Crippen LogP contribution is -2.35. The Kier molecular flexibility index (Phi) is 7.20. The molecule has 2 N–H and O–H groups in total. The lowest BCUT2D eigenvalue weighted by Gasteiger charge is -2.23. The van der Waals surface area contributed by atoms with E-state index in [0.29, 0.717) is 20.8 Å². The van der Waals surface area contributed by atoms with Crippen LogP contribution in [0, 0.1) is 0 Å². The van der Waals surface area contributed by atoms with Gasteiger partial charge in [-0.25, -0.2) is 0 Å². The molecule has 0 atom stereocenters. The van der Waals surface area contributed by atoms with E-state index in [1.807, 2.05) is 18.2 Å². The number of thiocarbonyl (C=S) groups is 1. The smallest absolute Gasteiger partial charge is 0.261 e. The van der Waals surface area contributed by atoms with Gasteiger partial charge in [-0.15, -0.1) is 0 Å². The van der Waals surface area contributed by atoms with E-state index in [9.17, 15) is 4.79 Å². The van der Waals surface area contributed by atoms with Crippen molar-refractivity contribution in [1.29, 1.82) is 0 Å². The normalized spacial score (nSPS) is 13.4. The number of carbonyl (C=O) groups excluding carboxylic acids is 1. The number of hydrogen-bond acceptors (Lipinski definition) is 4. The first-order chi connectivity index (χ1) is 13.4. The molecule has 0 aliphatic carbocycles. The topological polar surface area (TPSA) is 53.6 Å². The van der Waals surface area contributed by atoms with Gasteiger partial charge < -0.3 is 15.0 Å². The van der Waals surface area contributed by atoms with Crippen LogP contribution in [0.2, 0.25) is 5.02 Å². The maximum Gasteiger partial charge on any atom is 0.261 e. The van der Waals surface area contributed by atoms with Gasteiger partial charge in [-0.2, -0.15) is 0 Å². The number of benzene rings is 2. The minimum Gasteiger partial charge on any atom is -0.495 e. The first-order valence-electron chi connectivity index (χ1n) is 8.59. The van der Waals surface area contributed by atoms with E-state index in [0.717, 1.165) is 41.8 Å². The van der Waals surface area contributed by atoms with Gasteiger partial charge in [0.05, 0.1) is 33.5 Å². The first kappa shape index (κ1) is 21.4. The molecule has 9 heteroatoms. The minimum atomic E-state index is -0.374. The van der Waals surface area contributed by atoms with E-state index < -0.39 is 0 Å². The van der Waals surface area contributed by atoms with Gasteiger partial charge in [0.1, 0.15) is 5.75 Å². The molecule has 0 bridgehead atoms. The van der Waals surface area contributed by atoms with Crippen LogP contribution in [0.25, 0.3) is 0 Å². The van der Waals surface area contributed by atoms with Gasteiger partial charge in [0.25, 0.3) is 5.91 Å². The van der Waals surface area contributed by atoms with Gasteiger partial charge in [-0.05, 0) is 65.3 Å². The number of carbonyl (C=O) groups is 1. The summed E-state index contributed by atoms with van der Waals surface area (Å²) in [6, 6.07) is 9.08. The van der Waals surface area contributed by atoms with Crippen molar-refractivity contribution in [3.63, 3.8) is 0 Å². The molecular formula is C19H18Br2ClN3O2S. The fraction of sp³-hybridized carbons (Fsp3) is 0.263. The highest BCUT2D eigenvalue weighted by molar-refractivity contribution is 9.11. The highest BCUT2D eigenvalue weighted by Gasteiger charge is 2.21. The van der Waals surface area contributed by atoms with Crippen LogP contribution >= 0.6 is 55.7 Å². The van der Waals surface area contributed by atoms with E-state index in [2.05, 4.69) is 47.4 Å². The molecule has 0 aromatic heterocycles. The summed E-state index contributed by atoms with van der Waals surface area (Å²) in [6.45, 7) is 1.89. The summed E-state index contributed by atoms with van der Waals surface area (Å²) in [4.78, 5) is 15.0.